The quantitative estimate of drug-likeness (QED) is 0.338. The van der Waals surface area contributed by atoms with Crippen molar-refractivity contribution in [1.82, 2.24) is 25.1 Å². The maximum absolute atomic E-state index is 14.5. The lowest BCUT2D eigenvalue weighted by atomic mass is 10.0. The summed E-state index contributed by atoms with van der Waals surface area (Å²) in [7, 11) is 0. The van der Waals surface area contributed by atoms with E-state index >= 15 is 0 Å². The van der Waals surface area contributed by atoms with Crippen molar-refractivity contribution in [2.24, 2.45) is 5.73 Å². The number of piperazine rings is 1. The summed E-state index contributed by atoms with van der Waals surface area (Å²) in [5, 5.41) is 16.5. The maximum Gasteiger partial charge on any atom is 0.151 e. The van der Waals surface area contributed by atoms with E-state index in [1.54, 1.807) is 6.07 Å². The molecule has 0 bridgehead atoms. The van der Waals surface area contributed by atoms with Crippen molar-refractivity contribution in [3.8, 4) is 0 Å². The highest BCUT2D eigenvalue weighted by atomic mass is 35.5. The Bertz CT molecular complexity index is 1560. The Morgan fingerprint density at radius 2 is 1.87 bits per heavy atom. The number of hydrogen-bond acceptors (Lipinski definition) is 8. The lowest BCUT2D eigenvalue weighted by Gasteiger charge is -2.29. The minimum absolute atomic E-state index is 0.0977. The zero-order valence-electron chi connectivity index (χ0n) is 20.7. The molecule has 2 aliphatic heterocycles. The Morgan fingerprint density at radius 3 is 2.68 bits per heavy atom. The molecule has 4 aromatic rings. The molecule has 6 rings (SSSR count). The van der Waals surface area contributed by atoms with Gasteiger partial charge >= 0.3 is 0 Å². The molecule has 4 N–H and O–H groups in total. The number of allylic oxidation sites excluding steroid dienone is 1. The van der Waals surface area contributed by atoms with E-state index in [1.165, 1.54) is 18.2 Å². The maximum atomic E-state index is 14.5. The van der Waals surface area contributed by atoms with Gasteiger partial charge in [-0.15, -0.1) is 0 Å². The second kappa shape index (κ2) is 10.0. The molecule has 1 aromatic carbocycles. The van der Waals surface area contributed by atoms with Crippen molar-refractivity contribution in [2.45, 2.75) is 13.1 Å². The number of nitrogens with two attached hydrogens (primary N) is 1. The molecule has 0 amide bonds. The summed E-state index contributed by atoms with van der Waals surface area (Å²) >= 11 is 6.06. The second-order valence-electron chi connectivity index (χ2n) is 9.40. The number of nitrogens with one attached hydrogen (secondary N) is 2. The minimum Gasteiger partial charge on any atom is -0.398 e. The molecule has 194 valence electrons. The Labute approximate surface area is 224 Å². The fourth-order valence-corrected chi connectivity index (χ4v) is 5.15. The molecule has 9 nitrogen and oxygen atoms in total. The number of rotatable bonds is 5. The summed E-state index contributed by atoms with van der Waals surface area (Å²) in [6, 6.07) is 11.9. The zero-order chi connectivity index (χ0) is 26.2. The van der Waals surface area contributed by atoms with E-state index in [-0.39, 0.29) is 11.3 Å². The second-order valence-corrected chi connectivity index (χ2v) is 9.84. The summed E-state index contributed by atoms with van der Waals surface area (Å²) in [5.74, 6) is 0.520. The van der Waals surface area contributed by atoms with Crippen LogP contribution in [-0.4, -0.2) is 58.7 Å². The monoisotopic (exact) mass is 531 g/mol. The third-order valence-electron chi connectivity index (χ3n) is 7.04. The van der Waals surface area contributed by atoms with E-state index in [4.69, 9.17) is 32.8 Å². The van der Waals surface area contributed by atoms with Gasteiger partial charge in [0.1, 0.15) is 5.82 Å². The predicted octanol–water partition coefficient (Wildman–Crippen LogP) is 3.53. The normalized spacial score (nSPS) is 16.4. The van der Waals surface area contributed by atoms with Gasteiger partial charge in [-0.05, 0) is 36.4 Å². The number of nitrogens with zero attached hydrogens (tertiary/aromatic N) is 6. The van der Waals surface area contributed by atoms with Crippen LogP contribution >= 0.6 is 11.6 Å². The zero-order valence-corrected chi connectivity index (χ0v) is 21.4. The average Bonchev–Trinajstić information content (AvgIpc) is 3.38. The largest absolute Gasteiger partial charge is 0.398 e. The third kappa shape index (κ3) is 4.57. The van der Waals surface area contributed by atoms with Crippen molar-refractivity contribution in [2.75, 3.05) is 42.5 Å². The lowest BCUT2D eigenvalue weighted by Crippen LogP contribution is -2.43. The van der Waals surface area contributed by atoms with Crippen LogP contribution in [0.15, 0.2) is 48.7 Å². The highest BCUT2D eigenvalue weighted by Crippen LogP contribution is 2.28. The van der Waals surface area contributed by atoms with E-state index in [9.17, 15) is 4.39 Å². The van der Waals surface area contributed by atoms with E-state index in [0.29, 0.717) is 21.8 Å². The molecular formula is C27H27ClFN9. The first-order valence-electron chi connectivity index (χ1n) is 12.5. The first kappa shape index (κ1) is 24.3. The topological polar surface area (TPSA) is 112 Å². The van der Waals surface area contributed by atoms with Crippen molar-refractivity contribution < 1.29 is 4.39 Å². The van der Waals surface area contributed by atoms with E-state index in [2.05, 4.69) is 30.8 Å². The number of pyridine rings is 2. The van der Waals surface area contributed by atoms with Crippen LogP contribution in [0.3, 0.4) is 0 Å². The molecule has 1 fully saturated rings. The number of halogens is 2. The molecule has 38 heavy (non-hydrogen) atoms. The van der Waals surface area contributed by atoms with Gasteiger partial charge in [0, 0.05) is 61.2 Å². The predicted molar refractivity (Wildman–Crippen MR) is 149 cm³/mol. The van der Waals surface area contributed by atoms with Gasteiger partial charge in [0.05, 0.1) is 53.1 Å². The molecule has 0 radical (unpaired) electrons. The fraction of sp³-hybridized carbons (Fsp3) is 0.259. The summed E-state index contributed by atoms with van der Waals surface area (Å²) in [4.78, 5) is 14.0. The molecule has 0 spiro atoms. The standard InChI is InChI=1S/C27H27ClFN9/c28-17-1-2-22(29)20(11-17)27(31)21(14-30)23-3-4-24-25(34-23)12-18(15-33-24)37-9-10-38-19(16-37)13-26(35-38)36-7-5-32-6-8-36/h1-4,11-15,30,32H,5-10,16,31H2/b27-21+,30-14?. The Morgan fingerprint density at radius 1 is 1.03 bits per heavy atom. The van der Waals surface area contributed by atoms with Gasteiger partial charge in [0.2, 0.25) is 0 Å². The van der Waals surface area contributed by atoms with Gasteiger partial charge in [0.15, 0.2) is 5.82 Å². The van der Waals surface area contributed by atoms with Gasteiger partial charge in [-0.3, -0.25) is 9.67 Å². The number of aromatic nitrogens is 4. The van der Waals surface area contributed by atoms with Crippen LogP contribution in [0.4, 0.5) is 15.9 Å². The number of fused-ring (bicyclic) bond motifs is 2. The molecule has 5 heterocycles. The molecule has 0 atom stereocenters. The van der Waals surface area contributed by atoms with Crippen LogP contribution in [0.2, 0.25) is 5.02 Å². The SMILES string of the molecule is N=C/C(=C(\N)c1cc(Cl)ccc1F)c1ccc2ncc(N3CCn4nc(N5CCNCC5)cc4C3)cc2n1. The third-order valence-corrected chi connectivity index (χ3v) is 7.28. The van der Waals surface area contributed by atoms with Gasteiger partial charge in [-0.2, -0.15) is 5.10 Å². The molecule has 11 heteroatoms. The van der Waals surface area contributed by atoms with Crippen molar-refractivity contribution in [3.63, 3.8) is 0 Å². The van der Waals surface area contributed by atoms with Crippen LogP contribution in [0, 0.1) is 11.2 Å². The van der Waals surface area contributed by atoms with Crippen LogP contribution in [0.25, 0.3) is 22.3 Å². The minimum atomic E-state index is -0.513. The Hall–Kier alpha value is -4.02. The average molecular weight is 532 g/mol. The van der Waals surface area contributed by atoms with Crippen molar-refractivity contribution in [3.05, 3.63) is 76.5 Å². The van der Waals surface area contributed by atoms with Gasteiger partial charge in [-0.25, -0.2) is 9.37 Å². The highest BCUT2D eigenvalue weighted by molar-refractivity contribution is 6.31. The van der Waals surface area contributed by atoms with Crippen molar-refractivity contribution in [1.29, 1.82) is 5.41 Å². The van der Waals surface area contributed by atoms with E-state index in [1.807, 2.05) is 18.3 Å². The molecule has 1 saturated heterocycles. The lowest BCUT2D eigenvalue weighted by molar-refractivity contribution is 0.515. The van der Waals surface area contributed by atoms with E-state index in [0.717, 1.165) is 74.7 Å². The number of hydrogen-bond donors (Lipinski definition) is 3. The van der Waals surface area contributed by atoms with Crippen LogP contribution in [0.1, 0.15) is 17.0 Å². The van der Waals surface area contributed by atoms with Crippen LogP contribution < -0.4 is 20.9 Å². The number of benzene rings is 1. The summed E-state index contributed by atoms with van der Waals surface area (Å²) in [6.45, 7) is 6.18. The first-order chi connectivity index (χ1) is 18.5. The van der Waals surface area contributed by atoms with Gasteiger partial charge in [0.25, 0.3) is 0 Å². The molecule has 0 aliphatic carbocycles. The Balaban J connectivity index is 1.30. The first-order valence-corrected chi connectivity index (χ1v) is 12.9. The van der Waals surface area contributed by atoms with Crippen LogP contribution in [-0.2, 0) is 13.1 Å². The van der Waals surface area contributed by atoms with Crippen molar-refractivity contribution >= 4 is 51.6 Å². The molecule has 2 aliphatic rings. The van der Waals surface area contributed by atoms with Gasteiger partial charge < -0.3 is 26.3 Å². The van der Waals surface area contributed by atoms with E-state index < -0.39 is 5.82 Å². The molecule has 0 saturated carbocycles. The molecule has 3 aromatic heterocycles. The highest BCUT2D eigenvalue weighted by Gasteiger charge is 2.22. The molecular weight excluding hydrogens is 505 g/mol. The Kier molecular flexibility index (Phi) is 6.42. The molecule has 0 unspecified atom stereocenters. The summed E-state index contributed by atoms with van der Waals surface area (Å²) in [6.07, 6.45) is 2.94. The fourth-order valence-electron chi connectivity index (χ4n) is 4.98. The smallest absolute Gasteiger partial charge is 0.151 e. The summed E-state index contributed by atoms with van der Waals surface area (Å²) < 4.78 is 16.6. The van der Waals surface area contributed by atoms with Gasteiger partial charge in [-0.1, -0.05) is 11.6 Å². The summed E-state index contributed by atoms with van der Waals surface area (Å²) in [5.41, 5.74) is 10.8. The number of anilines is 2. The van der Waals surface area contributed by atoms with Crippen LogP contribution in [0.5, 0.6) is 0 Å².